The fourth-order valence-corrected chi connectivity index (χ4v) is 2.73. The minimum atomic E-state index is 0.784. The summed E-state index contributed by atoms with van der Waals surface area (Å²) in [5, 5.41) is 2.44. The van der Waals surface area contributed by atoms with Gasteiger partial charge in [-0.05, 0) is 24.3 Å². The fraction of sp³-hybridized carbons (Fsp3) is 0.0526. The number of fused-ring (bicyclic) bond motifs is 2. The summed E-state index contributed by atoms with van der Waals surface area (Å²) in [5.74, 6) is 0. The Kier molecular flexibility index (Phi) is 2.86. The highest BCUT2D eigenvalue weighted by Crippen LogP contribution is 2.13. The number of nitrogens with zero attached hydrogens (tertiary/aromatic N) is 2. The molecule has 2 nitrogen and oxygen atoms in total. The van der Waals surface area contributed by atoms with Gasteiger partial charge in [0.05, 0.1) is 5.52 Å². The fourth-order valence-electron chi connectivity index (χ4n) is 2.73. The molecule has 0 aliphatic heterocycles. The average Bonchev–Trinajstić information content (AvgIpc) is 2.55. The smallest absolute Gasteiger partial charge is 0.212 e. The number of benzene rings is 2. The van der Waals surface area contributed by atoms with E-state index in [0.29, 0.717) is 0 Å². The van der Waals surface area contributed by atoms with Gasteiger partial charge in [0.15, 0.2) is 12.7 Å². The van der Waals surface area contributed by atoms with Crippen LogP contribution in [0.15, 0.2) is 79.0 Å². The standard InChI is InChI=1S/C19H15N2/c1-3-9-18-15(6-1)11-12-17(20-18)14-21-13-5-8-16-7-2-4-10-19(16)21/h1-13H,14H2/q+1. The van der Waals surface area contributed by atoms with Crippen LogP contribution in [0.5, 0.6) is 0 Å². The SMILES string of the molecule is c1ccc2nc(C[n+]3cccc4ccccc43)ccc2c1. The summed E-state index contributed by atoms with van der Waals surface area (Å²) in [5.41, 5.74) is 3.36. The van der Waals surface area contributed by atoms with Crippen molar-refractivity contribution in [2.24, 2.45) is 0 Å². The van der Waals surface area contributed by atoms with E-state index in [4.69, 9.17) is 4.98 Å². The van der Waals surface area contributed by atoms with E-state index in [1.165, 1.54) is 16.3 Å². The molecule has 0 radical (unpaired) electrons. The van der Waals surface area contributed by atoms with Crippen LogP contribution in [0.25, 0.3) is 21.8 Å². The summed E-state index contributed by atoms with van der Waals surface area (Å²) in [7, 11) is 0. The zero-order valence-electron chi connectivity index (χ0n) is 11.6. The predicted octanol–water partition coefficient (Wildman–Crippen LogP) is 3.72. The van der Waals surface area contributed by atoms with Gasteiger partial charge in [-0.2, -0.15) is 4.57 Å². The molecule has 2 heterocycles. The van der Waals surface area contributed by atoms with Crippen molar-refractivity contribution in [1.82, 2.24) is 4.98 Å². The van der Waals surface area contributed by atoms with E-state index in [1.54, 1.807) is 0 Å². The molecule has 0 bridgehead atoms. The number of hydrogen-bond donors (Lipinski definition) is 0. The number of aromatic nitrogens is 2. The van der Waals surface area contributed by atoms with Gasteiger partial charge in [0.25, 0.3) is 0 Å². The molecular weight excluding hydrogens is 256 g/mol. The van der Waals surface area contributed by atoms with E-state index in [-0.39, 0.29) is 0 Å². The summed E-state index contributed by atoms with van der Waals surface area (Å²) < 4.78 is 2.24. The molecule has 0 unspecified atom stereocenters. The maximum Gasteiger partial charge on any atom is 0.212 e. The van der Waals surface area contributed by atoms with E-state index in [1.807, 2.05) is 12.1 Å². The second kappa shape index (κ2) is 4.98. The monoisotopic (exact) mass is 271 g/mol. The first-order chi connectivity index (χ1) is 10.4. The number of rotatable bonds is 2. The van der Waals surface area contributed by atoms with Gasteiger partial charge in [0, 0.05) is 22.9 Å². The van der Waals surface area contributed by atoms with Gasteiger partial charge in [-0.25, -0.2) is 4.98 Å². The maximum absolute atomic E-state index is 4.76. The van der Waals surface area contributed by atoms with Crippen LogP contribution < -0.4 is 4.57 Å². The summed E-state index contributed by atoms with van der Waals surface area (Å²) in [6, 6.07) is 25.1. The topological polar surface area (TPSA) is 16.8 Å². The van der Waals surface area contributed by atoms with E-state index < -0.39 is 0 Å². The van der Waals surface area contributed by atoms with Gasteiger partial charge >= 0.3 is 0 Å². The molecule has 0 N–H and O–H groups in total. The molecule has 2 aromatic heterocycles. The lowest BCUT2D eigenvalue weighted by Gasteiger charge is -2.03. The molecule has 0 aliphatic rings. The van der Waals surface area contributed by atoms with Crippen molar-refractivity contribution in [2.45, 2.75) is 6.54 Å². The summed E-state index contributed by atoms with van der Waals surface area (Å²) in [6.45, 7) is 0.784. The molecule has 0 atom stereocenters. The van der Waals surface area contributed by atoms with Crippen molar-refractivity contribution in [3.63, 3.8) is 0 Å². The zero-order valence-corrected chi connectivity index (χ0v) is 11.6. The molecule has 4 aromatic rings. The van der Waals surface area contributed by atoms with Gasteiger partial charge in [-0.1, -0.05) is 36.4 Å². The molecule has 21 heavy (non-hydrogen) atoms. The molecule has 4 rings (SSSR count). The highest BCUT2D eigenvalue weighted by molar-refractivity contribution is 5.78. The van der Waals surface area contributed by atoms with Gasteiger partial charge in [0.1, 0.15) is 5.69 Å². The van der Waals surface area contributed by atoms with E-state index >= 15 is 0 Å². The molecule has 0 aliphatic carbocycles. The van der Waals surface area contributed by atoms with Gasteiger partial charge in [0.2, 0.25) is 5.52 Å². The first-order valence-electron chi connectivity index (χ1n) is 7.12. The number of hydrogen-bond acceptors (Lipinski definition) is 1. The highest BCUT2D eigenvalue weighted by Gasteiger charge is 2.09. The van der Waals surface area contributed by atoms with Crippen molar-refractivity contribution in [2.75, 3.05) is 0 Å². The third-order valence-corrected chi connectivity index (χ3v) is 3.78. The third-order valence-electron chi connectivity index (χ3n) is 3.78. The maximum atomic E-state index is 4.76. The Hall–Kier alpha value is -2.74. The van der Waals surface area contributed by atoms with Crippen LogP contribution in [0.4, 0.5) is 0 Å². The Bertz CT molecular complexity index is 923. The molecule has 0 amide bonds. The number of pyridine rings is 2. The van der Waals surface area contributed by atoms with E-state index in [0.717, 1.165) is 17.8 Å². The first-order valence-corrected chi connectivity index (χ1v) is 7.12. The van der Waals surface area contributed by atoms with Gasteiger partial charge < -0.3 is 0 Å². The van der Waals surface area contributed by atoms with Gasteiger partial charge in [-0.3, -0.25) is 0 Å². The Labute approximate surface area is 123 Å². The summed E-state index contributed by atoms with van der Waals surface area (Å²) >= 11 is 0. The zero-order chi connectivity index (χ0) is 14.1. The Morgan fingerprint density at radius 2 is 1.48 bits per heavy atom. The highest BCUT2D eigenvalue weighted by atomic mass is 15.0. The van der Waals surface area contributed by atoms with E-state index in [9.17, 15) is 0 Å². The van der Waals surface area contributed by atoms with Crippen molar-refractivity contribution >= 4 is 21.8 Å². The number of para-hydroxylation sites is 2. The molecule has 0 saturated carbocycles. The van der Waals surface area contributed by atoms with Crippen molar-refractivity contribution in [3.05, 3.63) is 84.7 Å². The molecule has 0 saturated heterocycles. The largest absolute Gasteiger partial charge is 0.246 e. The lowest BCUT2D eigenvalue weighted by atomic mass is 10.2. The van der Waals surface area contributed by atoms with Crippen LogP contribution in [-0.2, 0) is 6.54 Å². The normalized spacial score (nSPS) is 11.0. The van der Waals surface area contributed by atoms with Crippen LogP contribution in [0.2, 0.25) is 0 Å². The van der Waals surface area contributed by atoms with Gasteiger partial charge in [-0.15, -0.1) is 0 Å². The van der Waals surface area contributed by atoms with Crippen LogP contribution in [-0.4, -0.2) is 4.98 Å². The minimum Gasteiger partial charge on any atom is -0.246 e. The minimum absolute atomic E-state index is 0.784. The summed E-state index contributed by atoms with van der Waals surface area (Å²) in [4.78, 5) is 4.76. The second-order valence-corrected chi connectivity index (χ2v) is 5.19. The first kappa shape index (κ1) is 12.0. The van der Waals surface area contributed by atoms with Crippen LogP contribution in [0.1, 0.15) is 5.69 Å². The molecule has 100 valence electrons. The predicted molar refractivity (Wildman–Crippen MR) is 85.0 cm³/mol. The average molecular weight is 271 g/mol. The van der Waals surface area contributed by atoms with Crippen LogP contribution >= 0.6 is 0 Å². The molecule has 2 heteroatoms. The van der Waals surface area contributed by atoms with E-state index in [2.05, 4.69) is 71.4 Å². The van der Waals surface area contributed by atoms with Crippen LogP contribution in [0.3, 0.4) is 0 Å². The van der Waals surface area contributed by atoms with Crippen molar-refractivity contribution in [3.8, 4) is 0 Å². The Morgan fingerprint density at radius 3 is 2.43 bits per heavy atom. The Morgan fingerprint density at radius 1 is 0.714 bits per heavy atom. The molecular formula is C19H15N2+. The molecule has 2 aromatic carbocycles. The third kappa shape index (κ3) is 2.25. The molecule has 0 fully saturated rings. The van der Waals surface area contributed by atoms with Crippen LogP contribution in [0, 0.1) is 0 Å². The summed E-state index contributed by atoms with van der Waals surface area (Å²) in [6.07, 6.45) is 2.11. The lowest BCUT2D eigenvalue weighted by Crippen LogP contribution is -2.34. The van der Waals surface area contributed by atoms with Crippen molar-refractivity contribution in [1.29, 1.82) is 0 Å². The second-order valence-electron chi connectivity index (χ2n) is 5.19. The quantitative estimate of drug-likeness (QED) is 0.508. The Balaban J connectivity index is 1.79. The van der Waals surface area contributed by atoms with Crippen molar-refractivity contribution < 1.29 is 4.57 Å². The lowest BCUT2D eigenvalue weighted by molar-refractivity contribution is -0.662. The molecule has 0 spiro atoms.